The first-order chi connectivity index (χ1) is 12.5. The fourth-order valence-corrected chi connectivity index (χ4v) is 4.06. The van der Waals surface area contributed by atoms with Crippen LogP contribution in [-0.2, 0) is 16.1 Å². The lowest BCUT2D eigenvalue weighted by molar-refractivity contribution is -0.125. The normalized spacial score (nSPS) is 16.8. The van der Waals surface area contributed by atoms with Gasteiger partial charge in [-0.1, -0.05) is 11.3 Å². The number of carbonyl (C=O) groups excluding carboxylic acids is 2. The van der Waals surface area contributed by atoms with Crippen LogP contribution in [0.4, 0.5) is 4.39 Å². The number of hydrogen-bond donors (Lipinski definition) is 2. The van der Waals surface area contributed by atoms with Crippen molar-refractivity contribution in [1.29, 1.82) is 0 Å². The highest BCUT2D eigenvalue weighted by atomic mass is 32.1. The molecule has 1 atom stereocenters. The first-order valence-electron chi connectivity index (χ1n) is 8.31. The third kappa shape index (κ3) is 3.08. The Morgan fingerprint density at radius 2 is 2.19 bits per heavy atom. The van der Waals surface area contributed by atoms with Crippen molar-refractivity contribution in [1.82, 2.24) is 20.0 Å². The van der Waals surface area contributed by atoms with Crippen LogP contribution in [-0.4, -0.2) is 27.2 Å². The molecule has 0 bridgehead atoms. The predicted molar refractivity (Wildman–Crippen MR) is 96.2 cm³/mol. The van der Waals surface area contributed by atoms with Crippen LogP contribution in [0.3, 0.4) is 0 Å². The van der Waals surface area contributed by atoms with Gasteiger partial charge < -0.3 is 10.6 Å². The van der Waals surface area contributed by atoms with Gasteiger partial charge in [-0.2, -0.15) is 0 Å². The second-order valence-electron chi connectivity index (χ2n) is 6.27. The van der Waals surface area contributed by atoms with Gasteiger partial charge in [0.15, 0.2) is 4.96 Å². The first-order valence-corrected chi connectivity index (χ1v) is 9.13. The van der Waals surface area contributed by atoms with E-state index in [0.29, 0.717) is 19.4 Å². The fraction of sp³-hybridized carbons (Fsp3) is 0.278. The number of imidazole rings is 1. The second kappa shape index (κ2) is 6.53. The molecule has 3 heterocycles. The van der Waals surface area contributed by atoms with Crippen molar-refractivity contribution in [2.24, 2.45) is 0 Å². The van der Waals surface area contributed by atoms with Crippen LogP contribution in [0.2, 0.25) is 0 Å². The molecule has 0 saturated carbocycles. The van der Waals surface area contributed by atoms with Crippen LogP contribution in [0.25, 0.3) is 16.2 Å². The molecule has 1 unspecified atom stereocenters. The number of nitrogens with one attached hydrogen (secondary N) is 2. The molecule has 1 aliphatic rings. The molecule has 2 N–H and O–H groups in total. The molecular weight excluding hydrogens is 355 g/mol. The monoisotopic (exact) mass is 372 g/mol. The fourth-order valence-electron chi connectivity index (χ4n) is 3.02. The molecule has 1 aromatic carbocycles. The summed E-state index contributed by atoms with van der Waals surface area (Å²) in [5.74, 6) is -0.514. The Morgan fingerprint density at radius 3 is 2.85 bits per heavy atom. The van der Waals surface area contributed by atoms with Crippen molar-refractivity contribution in [2.75, 3.05) is 0 Å². The molecule has 6 nitrogen and oxygen atoms in total. The number of nitrogens with zero attached hydrogens (tertiary/aromatic N) is 2. The summed E-state index contributed by atoms with van der Waals surface area (Å²) in [6.07, 6.45) is 2.85. The Labute approximate surface area is 153 Å². The van der Waals surface area contributed by atoms with E-state index in [4.69, 9.17) is 0 Å². The van der Waals surface area contributed by atoms with E-state index >= 15 is 0 Å². The summed E-state index contributed by atoms with van der Waals surface area (Å²) in [5.41, 5.74) is 2.64. The number of aromatic nitrogens is 2. The molecule has 134 valence electrons. The van der Waals surface area contributed by atoms with Gasteiger partial charge in [0, 0.05) is 28.8 Å². The Bertz CT molecular complexity index is 993. The zero-order valence-corrected chi connectivity index (χ0v) is 14.9. The lowest BCUT2D eigenvalue weighted by Crippen LogP contribution is -2.41. The molecule has 0 aliphatic carbocycles. The van der Waals surface area contributed by atoms with Crippen molar-refractivity contribution in [2.45, 2.75) is 32.4 Å². The van der Waals surface area contributed by atoms with Crippen LogP contribution in [0.15, 0.2) is 30.5 Å². The lowest BCUT2D eigenvalue weighted by Gasteiger charge is -2.10. The van der Waals surface area contributed by atoms with Crippen molar-refractivity contribution in [3.63, 3.8) is 0 Å². The number of hydrogen-bond acceptors (Lipinski definition) is 4. The minimum absolute atomic E-state index is 0.0794. The van der Waals surface area contributed by atoms with E-state index in [2.05, 4.69) is 15.6 Å². The van der Waals surface area contributed by atoms with Crippen molar-refractivity contribution in [3.8, 4) is 11.3 Å². The van der Waals surface area contributed by atoms with Crippen LogP contribution >= 0.6 is 11.3 Å². The molecule has 1 fully saturated rings. The van der Waals surface area contributed by atoms with E-state index < -0.39 is 6.04 Å². The summed E-state index contributed by atoms with van der Waals surface area (Å²) in [7, 11) is 0. The third-order valence-corrected chi connectivity index (χ3v) is 5.68. The van der Waals surface area contributed by atoms with Crippen LogP contribution in [0.5, 0.6) is 0 Å². The zero-order chi connectivity index (χ0) is 18.3. The first kappa shape index (κ1) is 16.7. The number of halogens is 1. The van der Waals surface area contributed by atoms with Gasteiger partial charge in [-0.25, -0.2) is 9.37 Å². The Kier molecular flexibility index (Phi) is 4.20. The number of benzene rings is 1. The summed E-state index contributed by atoms with van der Waals surface area (Å²) in [4.78, 5) is 29.8. The molecule has 8 heteroatoms. The van der Waals surface area contributed by atoms with Gasteiger partial charge in [0.05, 0.1) is 12.2 Å². The summed E-state index contributed by atoms with van der Waals surface area (Å²) in [5, 5.41) is 5.54. The summed E-state index contributed by atoms with van der Waals surface area (Å²) in [6, 6.07) is 5.80. The molecule has 2 amide bonds. The van der Waals surface area contributed by atoms with E-state index in [1.165, 1.54) is 23.5 Å². The van der Waals surface area contributed by atoms with Gasteiger partial charge in [-0.05, 0) is 37.6 Å². The Hall–Kier alpha value is -2.74. The minimum Gasteiger partial charge on any atom is -0.349 e. The lowest BCUT2D eigenvalue weighted by atomic mass is 10.2. The quantitative estimate of drug-likeness (QED) is 0.738. The number of aryl methyl sites for hydroxylation is 1. The maximum atomic E-state index is 13.1. The molecule has 4 rings (SSSR count). The smallest absolute Gasteiger partial charge is 0.242 e. The maximum Gasteiger partial charge on any atom is 0.242 e. The van der Waals surface area contributed by atoms with Crippen molar-refractivity contribution >= 4 is 28.1 Å². The van der Waals surface area contributed by atoms with Gasteiger partial charge in [-0.3, -0.25) is 14.0 Å². The zero-order valence-electron chi connectivity index (χ0n) is 14.1. The van der Waals surface area contributed by atoms with Gasteiger partial charge in [0.2, 0.25) is 11.8 Å². The van der Waals surface area contributed by atoms with E-state index in [-0.39, 0.29) is 17.6 Å². The predicted octanol–water partition coefficient (Wildman–Crippen LogP) is 2.41. The highest BCUT2D eigenvalue weighted by molar-refractivity contribution is 7.17. The molecule has 1 saturated heterocycles. The molecule has 26 heavy (non-hydrogen) atoms. The van der Waals surface area contributed by atoms with Gasteiger partial charge in [0.1, 0.15) is 11.9 Å². The average Bonchev–Trinajstić information content (AvgIpc) is 3.30. The van der Waals surface area contributed by atoms with Crippen LogP contribution in [0.1, 0.15) is 23.4 Å². The standard InChI is InChI=1S/C18H17FN4O2S/c1-10-15(8-20-17(25)13-6-7-16(24)21-13)26-18-22-14(9-23(10)18)11-2-4-12(19)5-3-11/h2-5,9,13H,6-8H2,1H3,(H,20,25)(H,21,24). The summed E-state index contributed by atoms with van der Waals surface area (Å²) in [6.45, 7) is 2.37. The van der Waals surface area contributed by atoms with Crippen molar-refractivity contribution in [3.05, 3.63) is 46.9 Å². The number of amides is 2. The number of thiazole rings is 1. The molecule has 1 aliphatic heterocycles. The molecule has 0 radical (unpaired) electrons. The third-order valence-electron chi connectivity index (χ3n) is 4.53. The Balaban J connectivity index is 1.49. The molecule has 0 spiro atoms. The minimum atomic E-state index is -0.433. The van der Waals surface area contributed by atoms with Gasteiger partial charge in [-0.15, -0.1) is 0 Å². The SMILES string of the molecule is Cc1c(CNC(=O)C2CCC(=O)N2)sc2nc(-c3ccc(F)cc3)cn12. The number of rotatable bonds is 4. The number of carbonyl (C=O) groups is 2. The van der Waals surface area contributed by atoms with E-state index in [1.54, 1.807) is 12.1 Å². The number of fused-ring (bicyclic) bond motifs is 1. The highest BCUT2D eigenvalue weighted by Gasteiger charge is 2.27. The molecule has 3 aromatic rings. The van der Waals surface area contributed by atoms with Crippen LogP contribution in [0, 0.1) is 12.7 Å². The second-order valence-corrected chi connectivity index (χ2v) is 7.33. The van der Waals surface area contributed by atoms with E-state index in [0.717, 1.165) is 26.8 Å². The summed E-state index contributed by atoms with van der Waals surface area (Å²) >= 11 is 1.50. The van der Waals surface area contributed by atoms with E-state index in [9.17, 15) is 14.0 Å². The van der Waals surface area contributed by atoms with Crippen LogP contribution < -0.4 is 10.6 Å². The highest BCUT2D eigenvalue weighted by Crippen LogP contribution is 2.27. The largest absolute Gasteiger partial charge is 0.349 e. The van der Waals surface area contributed by atoms with Gasteiger partial charge >= 0.3 is 0 Å². The summed E-state index contributed by atoms with van der Waals surface area (Å²) < 4.78 is 15.0. The van der Waals surface area contributed by atoms with Crippen molar-refractivity contribution < 1.29 is 14.0 Å². The van der Waals surface area contributed by atoms with E-state index in [1.807, 2.05) is 17.5 Å². The molecular formula is C18H17FN4O2S. The maximum absolute atomic E-state index is 13.1. The Morgan fingerprint density at radius 1 is 1.42 bits per heavy atom. The average molecular weight is 372 g/mol. The molecule has 2 aromatic heterocycles. The topological polar surface area (TPSA) is 75.5 Å². The van der Waals surface area contributed by atoms with Gasteiger partial charge in [0.25, 0.3) is 0 Å².